The van der Waals surface area contributed by atoms with E-state index in [4.69, 9.17) is 16.3 Å². The van der Waals surface area contributed by atoms with Crippen molar-refractivity contribution in [2.75, 3.05) is 6.61 Å². The zero-order valence-electron chi connectivity index (χ0n) is 18.6. The first-order valence-electron chi connectivity index (χ1n) is 11.3. The first kappa shape index (κ1) is 23.3. The second-order valence-electron chi connectivity index (χ2n) is 8.80. The molecule has 10 heteroatoms. The van der Waals surface area contributed by atoms with Crippen molar-refractivity contribution in [2.24, 2.45) is 5.92 Å². The molecule has 1 saturated carbocycles. The molecular weight excluding hydrogens is 477 g/mol. The lowest BCUT2D eigenvalue weighted by Crippen LogP contribution is -2.44. The third-order valence-corrected chi connectivity index (χ3v) is 6.87. The van der Waals surface area contributed by atoms with Crippen LogP contribution in [0, 0.1) is 11.7 Å². The fraction of sp³-hybridized carbons (Fsp3) is 0.320. The number of amides is 2. The molecule has 2 aliphatic rings. The van der Waals surface area contributed by atoms with E-state index in [1.54, 1.807) is 39.9 Å². The number of Topliss-reactive ketones (excluding diaryl/α,β-unsaturated/α-hetero) is 1. The van der Waals surface area contributed by atoms with Gasteiger partial charge in [0.2, 0.25) is 5.91 Å². The van der Waals surface area contributed by atoms with E-state index in [1.165, 1.54) is 12.1 Å². The van der Waals surface area contributed by atoms with Crippen molar-refractivity contribution >= 4 is 40.3 Å². The number of aromatic nitrogens is 1. The van der Waals surface area contributed by atoms with E-state index < -0.39 is 30.5 Å². The summed E-state index contributed by atoms with van der Waals surface area (Å²) in [6, 6.07) is 11.7. The second-order valence-corrected chi connectivity index (χ2v) is 9.20. The molecule has 1 aliphatic carbocycles. The van der Waals surface area contributed by atoms with Crippen LogP contribution < -0.4 is 5.32 Å². The van der Waals surface area contributed by atoms with E-state index in [0.29, 0.717) is 22.9 Å². The molecule has 1 saturated heterocycles. The van der Waals surface area contributed by atoms with Crippen LogP contribution in [0.2, 0.25) is 5.02 Å². The molecule has 1 aliphatic heterocycles. The molecule has 0 bridgehead atoms. The predicted octanol–water partition coefficient (Wildman–Crippen LogP) is 3.48. The van der Waals surface area contributed by atoms with Gasteiger partial charge in [-0.3, -0.25) is 9.59 Å². The molecule has 2 fully saturated rings. The normalized spacial score (nSPS) is 20.5. The van der Waals surface area contributed by atoms with E-state index >= 15 is 0 Å². The fourth-order valence-corrected chi connectivity index (χ4v) is 4.99. The number of alkyl carbamates (subject to hydrolysis) is 1. The number of hydrogen-bond acceptors (Lipinski definition) is 5. The van der Waals surface area contributed by atoms with E-state index in [1.807, 2.05) is 6.07 Å². The van der Waals surface area contributed by atoms with E-state index in [9.17, 15) is 23.9 Å². The fourth-order valence-electron chi connectivity index (χ4n) is 4.79. The molecule has 182 valence electrons. The topological polar surface area (TPSA) is 101 Å². The van der Waals surface area contributed by atoms with Crippen molar-refractivity contribution in [3.63, 3.8) is 0 Å². The number of hydrogen-bond donors (Lipinski definition) is 2. The largest absolute Gasteiger partial charge is 0.425 e. The number of carbonyl (C=O) groups is 3. The number of likely N-dealkylation sites (tertiary alicyclic amines) is 1. The number of para-hydroxylation sites is 1. The van der Waals surface area contributed by atoms with E-state index in [2.05, 4.69) is 5.32 Å². The van der Waals surface area contributed by atoms with Crippen LogP contribution in [0.15, 0.2) is 48.7 Å². The Morgan fingerprint density at radius 1 is 1.14 bits per heavy atom. The average molecular weight is 500 g/mol. The maximum Gasteiger partial charge on any atom is 0.409 e. The second kappa shape index (κ2) is 9.31. The van der Waals surface area contributed by atoms with Crippen LogP contribution in [0.1, 0.15) is 28.8 Å². The molecular formula is C25H23ClFN3O5. The number of benzene rings is 2. The minimum absolute atomic E-state index is 0.00560. The molecule has 0 unspecified atom stereocenters. The first-order chi connectivity index (χ1) is 16.9. The van der Waals surface area contributed by atoms with Crippen LogP contribution in [0.5, 0.6) is 0 Å². The third-order valence-electron chi connectivity index (χ3n) is 6.58. The number of ketones is 1. The van der Waals surface area contributed by atoms with Crippen LogP contribution in [-0.2, 0) is 22.6 Å². The van der Waals surface area contributed by atoms with Gasteiger partial charge >= 0.3 is 6.09 Å². The Labute approximate surface area is 205 Å². The Morgan fingerprint density at radius 3 is 2.74 bits per heavy atom. The number of nitrogens with one attached hydrogen (secondary N) is 1. The Hall–Kier alpha value is -3.43. The molecule has 2 heterocycles. The highest BCUT2D eigenvalue weighted by molar-refractivity contribution is 6.30. The molecule has 8 nitrogen and oxygen atoms in total. The van der Waals surface area contributed by atoms with Crippen LogP contribution >= 0.6 is 11.6 Å². The lowest BCUT2D eigenvalue weighted by molar-refractivity contribution is -0.140. The van der Waals surface area contributed by atoms with E-state index in [0.717, 1.165) is 6.42 Å². The molecule has 2 aromatic carbocycles. The van der Waals surface area contributed by atoms with Gasteiger partial charge in [0.15, 0.2) is 12.0 Å². The van der Waals surface area contributed by atoms with Gasteiger partial charge in [-0.2, -0.15) is 0 Å². The summed E-state index contributed by atoms with van der Waals surface area (Å²) in [5.41, 5.74) is 1.27. The minimum atomic E-state index is -0.754. The van der Waals surface area contributed by atoms with Crippen LogP contribution in [0.3, 0.4) is 0 Å². The van der Waals surface area contributed by atoms with Crippen molar-refractivity contribution < 1.29 is 28.6 Å². The highest BCUT2D eigenvalue weighted by Crippen LogP contribution is 2.48. The van der Waals surface area contributed by atoms with Crippen molar-refractivity contribution in [3.8, 4) is 0 Å². The lowest BCUT2D eigenvalue weighted by atomic mass is 10.1. The number of rotatable bonds is 7. The number of aliphatic hydroxyl groups excluding tert-OH is 1. The standard InChI is InChI=1S/C25H23ClFN3O5/c26-18-6-3-4-14(24(18)27)10-28-25(34)35-23-9-15-8-20(15)30(23)22(33)12-29-11-17(21(32)13-31)16-5-1-2-7-19(16)29/h1-7,11,15,20,23,31H,8-10,12-13H2,(H,28,34)/t15-,20-,23+/m1/s1. The van der Waals surface area contributed by atoms with Crippen molar-refractivity contribution in [2.45, 2.75) is 38.2 Å². The average Bonchev–Trinajstić information content (AvgIpc) is 3.36. The quantitative estimate of drug-likeness (QED) is 0.485. The van der Waals surface area contributed by atoms with Gasteiger partial charge in [-0.05, 0) is 24.5 Å². The first-order valence-corrected chi connectivity index (χ1v) is 11.7. The summed E-state index contributed by atoms with van der Waals surface area (Å²) in [4.78, 5) is 39.5. The predicted molar refractivity (Wildman–Crippen MR) is 125 cm³/mol. The highest BCUT2D eigenvalue weighted by atomic mass is 35.5. The maximum atomic E-state index is 14.1. The molecule has 5 rings (SSSR count). The van der Waals surface area contributed by atoms with Gasteiger partial charge in [-0.1, -0.05) is 41.9 Å². The number of ether oxygens (including phenoxy) is 1. The number of aliphatic hydroxyl groups is 1. The van der Waals surface area contributed by atoms with Gasteiger partial charge in [-0.15, -0.1) is 0 Å². The summed E-state index contributed by atoms with van der Waals surface area (Å²) in [7, 11) is 0. The number of nitrogens with zero attached hydrogens (tertiary/aromatic N) is 2. The smallest absolute Gasteiger partial charge is 0.409 e. The van der Waals surface area contributed by atoms with Crippen LogP contribution in [0.25, 0.3) is 10.9 Å². The summed E-state index contributed by atoms with van der Waals surface area (Å²) in [6.07, 6.45) is 1.48. The number of fused-ring (bicyclic) bond motifs is 2. The molecule has 0 spiro atoms. The zero-order valence-corrected chi connectivity index (χ0v) is 19.4. The SMILES string of the molecule is O=C(NCc1cccc(Cl)c1F)O[C@H]1C[C@H]2C[C@H]2N1C(=O)Cn1cc(C(=O)CO)c2ccccc21. The molecule has 35 heavy (non-hydrogen) atoms. The summed E-state index contributed by atoms with van der Waals surface area (Å²) < 4.78 is 21.3. The molecule has 2 amide bonds. The van der Waals surface area contributed by atoms with Gasteiger partial charge < -0.3 is 24.6 Å². The van der Waals surface area contributed by atoms with E-state index in [-0.39, 0.29) is 41.5 Å². The maximum absolute atomic E-state index is 14.1. The third kappa shape index (κ3) is 4.49. The van der Waals surface area contributed by atoms with Crippen LogP contribution in [0.4, 0.5) is 9.18 Å². The van der Waals surface area contributed by atoms with Crippen molar-refractivity contribution in [1.82, 2.24) is 14.8 Å². The van der Waals surface area contributed by atoms with Gasteiger partial charge in [0.05, 0.1) is 5.02 Å². The van der Waals surface area contributed by atoms with Gasteiger partial charge in [-0.25, -0.2) is 9.18 Å². The Morgan fingerprint density at radius 2 is 1.94 bits per heavy atom. The van der Waals surface area contributed by atoms with Crippen LogP contribution in [-0.4, -0.2) is 51.2 Å². The summed E-state index contributed by atoms with van der Waals surface area (Å²) >= 11 is 5.78. The monoisotopic (exact) mass is 499 g/mol. The van der Waals surface area contributed by atoms with Crippen molar-refractivity contribution in [3.05, 3.63) is 70.6 Å². The molecule has 0 radical (unpaired) electrons. The Bertz CT molecular complexity index is 1330. The number of halogens is 2. The Kier molecular flexibility index (Phi) is 6.21. The van der Waals surface area contributed by atoms with Gasteiger partial charge in [0.25, 0.3) is 0 Å². The number of piperidine rings is 1. The molecule has 3 atom stereocenters. The number of carbonyl (C=O) groups excluding carboxylic acids is 3. The summed E-state index contributed by atoms with van der Waals surface area (Å²) in [5, 5.41) is 12.4. The Balaban J connectivity index is 1.27. The lowest BCUT2D eigenvalue weighted by Gasteiger charge is -2.27. The van der Waals surface area contributed by atoms with Crippen molar-refractivity contribution in [1.29, 1.82) is 0 Å². The molecule has 3 aromatic rings. The molecule has 2 N–H and O–H groups in total. The van der Waals surface area contributed by atoms with Gasteiger partial charge in [0.1, 0.15) is 19.0 Å². The highest BCUT2D eigenvalue weighted by Gasteiger charge is 2.55. The summed E-state index contributed by atoms with van der Waals surface area (Å²) in [5.74, 6) is -0.997. The van der Waals surface area contributed by atoms with Gasteiger partial charge in [0, 0.05) is 47.2 Å². The molecule has 1 aromatic heterocycles. The summed E-state index contributed by atoms with van der Waals surface area (Å²) in [6.45, 7) is -0.768. The minimum Gasteiger partial charge on any atom is -0.425 e. The zero-order chi connectivity index (χ0) is 24.7.